The molecule has 18 heavy (non-hydrogen) atoms. The van der Waals surface area contributed by atoms with E-state index in [-0.39, 0.29) is 24.4 Å². The molecular weight excluding hydrogens is 300 g/mol. The fraction of sp³-hybridized carbons (Fsp3) is 0.333. The van der Waals surface area contributed by atoms with Crippen LogP contribution in [0.15, 0.2) is 28.7 Å². The average Bonchev–Trinajstić information content (AvgIpc) is 2.31. The normalized spacial score (nSPS) is 14.7. The van der Waals surface area contributed by atoms with E-state index in [9.17, 15) is 9.59 Å². The van der Waals surface area contributed by atoms with Crippen molar-refractivity contribution >= 4 is 27.7 Å². The predicted octanol–water partition coefficient (Wildman–Crippen LogP) is 0.694. The summed E-state index contributed by atoms with van der Waals surface area (Å²) < 4.78 is 5.76. The van der Waals surface area contributed by atoms with Crippen LogP contribution < -0.4 is 10.6 Å². The van der Waals surface area contributed by atoms with Gasteiger partial charge in [0.15, 0.2) is 0 Å². The van der Waals surface area contributed by atoms with Gasteiger partial charge in [-0.1, -0.05) is 22.0 Å². The molecule has 0 radical (unpaired) electrons. The SMILES string of the molecule is O=C(CNC(=O)c1cccc(Br)c1)NC1COC1. The molecule has 2 N–H and O–H groups in total. The Labute approximate surface area is 113 Å². The number of rotatable bonds is 4. The van der Waals surface area contributed by atoms with E-state index >= 15 is 0 Å². The Balaban J connectivity index is 1.78. The number of carbonyl (C=O) groups excluding carboxylic acids is 2. The van der Waals surface area contributed by atoms with Crippen LogP contribution >= 0.6 is 15.9 Å². The van der Waals surface area contributed by atoms with Crippen LogP contribution in [0.1, 0.15) is 10.4 Å². The Hall–Kier alpha value is -1.40. The van der Waals surface area contributed by atoms with Gasteiger partial charge in [0.05, 0.1) is 25.8 Å². The maximum absolute atomic E-state index is 11.7. The Bertz CT molecular complexity index is 460. The molecule has 1 aliphatic heterocycles. The Kier molecular flexibility index (Phi) is 4.33. The summed E-state index contributed by atoms with van der Waals surface area (Å²) in [5.74, 6) is -0.469. The van der Waals surface area contributed by atoms with Crippen molar-refractivity contribution in [2.45, 2.75) is 6.04 Å². The highest BCUT2D eigenvalue weighted by Crippen LogP contribution is 2.11. The molecule has 1 saturated heterocycles. The lowest BCUT2D eigenvalue weighted by Crippen LogP contribution is -2.51. The van der Waals surface area contributed by atoms with Gasteiger partial charge in [-0.3, -0.25) is 9.59 Å². The summed E-state index contributed by atoms with van der Waals surface area (Å²) in [6.45, 7) is 1.07. The van der Waals surface area contributed by atoms with E-state index in [2.05, 4.69) is 26.6 Å². The molecule has 0 spiro atoms. The van der Waals surface area contributed by atoms with Gasteiger partial charge < -0.3 is 15.4 Å². The van der Waals surface area contributed by atoms with Crippen molar-refractivity contribution in [3.63, 3.8) is 0 Å². The van der Waals surface area contributed by atoms with Crippen molar-refractivity contribution in [1.82, 2.24) is 10.6 Å². The van der Waals surface area contributed by atoms with Crippen molar-refractivity contribution in [3.8, 4) is 0 Å². The molecule has 1 aromatic carbocycles. The molecule has 0 unspecified atom stereocenters. The molecule has 0 aliphatic carbocycles. The standard InChI is InChI=1S/C12H13BrN2O3/c13-9-3-1-2-8(4-9)12(17)14-5-11(16)15-10-6-18-7-10/h1-4,10H,5-7H2,(H,14,17)(H,15,16). The number of carbonyl (C=O) groups is 2. The highest BCUT2D eigenvalue weighted by atomic mass is 79.9. The van der Waals surface area contributed by atoms with Crippen molar-refractivity contribution in [2.24, 2.45) is 0 Å². The third kappa shape index (κ3) is 3.54. The molecule has 96 valence electrons. The van der Waals surface area contributed by atoms with Crippen LogP contribution in [0.2, 0.25) is 0 Å². The van der Waals surface area contributed by atoms with Crippen LogP contribution in [-0.2, 0) is 9.53 Å². The van der Waals surface area contributed by atoms with E-state index in [4.69, 9.17) is 4.74 Å². The Morgan fingerprint density at radius 3 is 2.78 bits per heavy atom. The number of amides is 2. The molecule has 0 saturated carbocycles. The second-order valence-electron chi connectivity index (χ2n) is 3.99. The van der Waals surface area contributed by atoms with E-state index in [1.807, 2.05) is 6.07 Å². The van der Waals surface area contributed by atoms with E-state index in [1.54, 1.807) is 18.2 Å². The molecule has 1 fully saturated rings. The lowest BCUT2D eigenvalue weighted by atomic mass is 10.2. The highest BCUT2D eigenvalue weighted by molar-refractivity contribution is 9.10. The molecule has 0 bridgehead atoms. The first-order chi connectivity index (χ1) is 8.65. The molecule has 0 aromatic heterocycles. The van der Waals surface area contributed by atoms with Gasteiger partial charge >= 0.3 is 0 Å². The minimum Gasteiger partial charge on any atom is -0.377 e. The third-order valence-corrected chi connectivity index (χ3v) is 2.99. The molecule has 6 heteroatoms. The smallest absolute Gasteiger partial charge is 0.251 e. The maximum Gasteiger partial charge on any atom is 0.251 e. The van der Waals surface area contributed by atoms with Crippen LogP contribution in [0.25, 0.3) is 0 Å². The Morgan fingerprint density at radius 2 is 2.17 bits per heavy atom. The number of nitrogens with one attached hydrogen (secondary N) is 2. The number of hydrogen-bond acceptors (Lipinski definition) is 3. The zero-order valence-corrected chi connectivity index (χ0v) is 11.2. The highest BCUT2D eigenvalue weighted by Gasteiger charge is 2.20. The first-order valence-electron chi connectivity index (χ1n) is 5.56. The van der Waals surface area contributed by atoms with Gasteiger partial charge in [0, 0.05) is 10.0 Å². The number of benzene rings is 1. The average molecular weight is 313 g/mol. The summed E-state index contributed by atoms with van der Waals surface area (Å²) in [5.41, 5.74) is 0.518. The van der Waals surface area contributed by atoms with Crippen LogP contribution in [0.5, 0.6) is 0 Å². The quantitative estimate of drug-likeness (QED) is 0.860. The van der Waals surface area contributed by atoms with Crippen LogP contribution in [-0.4, -0.2) is 37.6 Å². The topological polar surface area (TPSA) is 67.4 Å². The molecule has 2 rings (SSSR count). The van der Waals surface area contributed by atoms with Crippen molar-refractivity contribution in [2.75, 3.05) is 19.8 Å². The van der Waals surface area contributed by atoms with Crippen molar-refractivity contribution in [3.05, 3.63) is 34.3 Å². The number of halogens is 1. The summed E-state index contributed by atoms with van der Waals surface area (Å²) in [7, 11) is 0. The fourth-order valence-electron chi connectivity index (χ4n) is 1.49. The fourth-order valence-corrected chi connectivity index (χ4v) is 1.89. The lowest BCUT2D eigenvalue weighted by Gasteiger charge is -2.26. The zero-order valence-electron chi connectivity index (χ0n) is 9.61. The van der Waals surface area contributed by atoms with Gasteiger partial charge in [0.25, 0.3) is 5.91 Å². The number of ether oxygens (including phenoxy) is 1. The summed E-state index contributed by atoms with van der Waals surface area (Å²) in [5, 5.41) is 5.31. The van der Waals surface area contributed by atoms with E-state index < -0.39 is 0 Å². The second kappa shape index (κ2) is 5.97. The molecule has 1 aliphatic rings. The molecule has 1 aromatic rings. The van der Waals surface area contributed by atoms with Crippen LogP contribution in [0.3, 0.4) is 0 Å². The second-order valence-corrected chi connectivity index (χ2v) is 4.91. The zero-order chi connectivity index (χ0) is 13.0. The monoisotopic (exact) mass is 312 g/mol. The molecule has 0 atom stereocenters. The molecular formula is C12H13BrN2O3. The van der Waals surface area contributed by atoms with Crippen molar-refractivity contribution in [1.29, 1.82) is 0 Å². The molecule has 1 heterocycles. The van der Waals surface area contributed by atoms with E-state index in [1.165, 1.54) is 0 Å². The summed E-state index contributed by atoms with van der Waals surface area (Å²) >= 11 is 3.29. The van der Waals surface area contributed by atoms with Crippen LogP contribution in [0.4, 0.5) is 0 Å². The first-order valence-corrected chi connectivity index (χ1v) is 6.35. The van der Waals surface area contributed by atoms with Gasteiger partial charge in [0.2, 0.25) is 5.91 Å². The summed E-state index contributed by atoms with van der Waals surface area (Å²) in [6.07, 6.45) is 0. The van der Waals surface area contributed by atoms with E-state index in [0.717, 1.165) is 4.47 Å². The minimum atomic E-state index is -0.267. The van der Waals surface area contributed by atoms with Crippen LogP contribution in [0, 0.1) is 0 Å². The number of hydrogen-bond donors (Lipinski definition) is 2. The third-order valence-electron chi connectivity index (χ3n) is 2.50. The van der Waals surface area contributed by atoms with Gasteiger partial charge in [-0.2, -0.15) is 0 Å². The molecule has 2 amide bonds. The Morgan fingerprint density at radius 1 is 1.39 bits per heavy atom. The largest absolute Gasteiger partial charge is 0.377 e. The van der Waals surface area contributed by atoms with E-state index in [0.29, 0.717) is 18.8 Å². The summed E-state index contributed by atoms with van der Waals surface area (Å²) in [4.78, 5) is 23.2. The summed E-state index contributed by atoms with van der Waals surface area (Å²) in [6, 6.07) is 7.08. The lowest BCUT2D eigenvalue weighted by molar-refractivity contribution is -0.124. The van der Waals surface area contributed by atoms with Gasteiger partial charge in [-0.15, -0.1) is 0 Å². The predicted molar refractivity (Wildman–Crippen MR) is 69.2 cm³/mol. The van der Waals surface area contributed by atoms with Gasteiger partial charge in [0.1, 0.15) is 0 Å². The first kappa shape index (κ1) is 13.0. The maximum atomic E-state index is 11.7. The molecule has 5 nitrogen and oxygen atoms in total. The van der Waals surface area contributed by atoms with Gasteiger partial charge in [-0.25, -0.2) is 0 Å². The van der Waals surface area contributed by atoms with Crippen molar-refractivity contribution < 1.29 is 14.3 Å². The van der Waals surface area contributed by atoms with Gasteiger partial charge in [-0.05, 0) is 18.2 Å². The minimum absolute atomic E-state index is 0.0259.